The number of aromatic nitrogens is 3. The lowest BCUT2D eigenvalue weighted by Gasteiger charge is -2.36. The van der Waals surface area contributed by atoms with Gasteiger partial charge in [0.15, 0.2) is 0 Å². The van der Waals surface area contributed by atoms with Gasteiger partial charge >= 0.3 is 0 Å². The van der Waals surface area contributed by atoms with E-state index in [0.717, 1.165) is 55.4 Å². The smallest absolute Gasteiger partial charge is 0.220 e. The van der Waals surface area contributed by atoms with Crippen LogP contribution in [-0.2, 0) is 5.41 Å². The Morgan fingerprint density at radius 1 is 0.680 bits per heavy atom. The van der Waals surface area contributed by atoms with Gasteiger partial charge in [-0.3, -0.25) is 8.97 Å². The van der Waals surface area contributed by atoms with E-state index in [2.05, 4.69) is 62.5 Å². The van der Waals surface area contributed by atoms with Gasteiger partial charge in [-0.15, -0.1) is 0 Å². The molecule has 4 nitrogen and oxygen atoms in total. The zero-order chi connectivity index (χ0) is 39.5. The summed E-state index contributed by atoms with van der Waals surface area (Å²) in [5.74, 6) is 2.27. The van der Waals surface area contributed by atoms with E-state index in [1.165, 1.54) is 5.19 Å². The Morgan fingerprint density at radius 2 is 1.36 bits per heavy atom. The maximum absolute atomic E-state index is 8.72. The Hall–Kier alpha value is -5.39. The number of hydrogen-bond acceptors (Lipinski definition) is 2. The second kappa shape index (κ2) is 10.8. The molecule has 0 fully saturated rings. The molecular formula is C45H41N3OSi. The fourth-order valence-electron chi connectivity index (χ4n) is 7.84. The van der Waals surface area contributed by atoms with Crippen LogP contribution in [0.25, 0.3) is 55.8 Å². The van der Waals surface area contributed by atoms with Gasteiger partial charge in [-0.25, -0.2) is 4.98 Å². The maximum Gasteiger partial charge on any atom is 0.220 e. The summed E-state index contributed by atoms with van der Waals surface area (Å²) in [4.78, 5) is 5.03. The highest BCUT2D eigenvalue weighted by Crippen LogP contribution is 2.45. The van der Waals surface area contributed by atoms with Gasteiger partial charge in [0.05, 0.1) is 22.1 Å². The summed E-state index contributed by atoms with van der Waals surface area (Å²) in [5, 5.41) is 2.37. The van der Waals surface area contributed by atoms with Crippen LogP contribution in [0.1, 0.15) is 45.7 Å². The first-order valence-electron chi connectivity index (χ1n) is 20.1. The third kappa shape index (κ3) is 4.46. The van der Waals surface area contributed by atoms with Crippen LogP contribution < -0.4 is 15.1 Å². The first-order chi connectivity index (χ1) is 26.4. The highest BCUT2D eigenvalue weighted by molar-refractivity contribution is 7.01. The molecule has 1 aliphatic heterocycles. The summed E-state index contributed by atoms with van der Waals surface area (Å²) < 4.78 is 63.2. The summed E-state index contributed by atoms with van der Waals surface area (Å²) in [6.45, 7) is 6.05. The number of para-hydroxylation sites is 5. The third-order valence-corrected chi connectivity index (χ3v) is 13.9. The minimum Gasteiger partial charge on any atom is -0.457 e. The number of hydrogen-bond donors (Lipinski definition) is 0. The topological polar surface area (TPSA) is 31.5 Å². The van der Waals surface area contributed by atoms with Crippen molar-refractivity contribution >= 4 is 46.3 Å². The van der Waals surface area contributed by atoms with Gasteiger partial charge in [0.2, 0.25) is 5.78 Å². The molecule has 0 unspecified atom stereocenters. The molecule has 0 radical (unpaired) electrons. The fourth-order valence-corrected chi connectivity index (χ4v) is 10.6. The number of aryl methyl sites for hydroxylation is 2. The molecule has 9 rings (SSSR count). The van der Waals surface area contributed by atoms with E-state index < -0.39 is 21.8 Å². The van der Waals surface area contributed by atoms with Gasteiger partial charge in [-0.05, 0) is 111 Å². The molecule has 0 saturated heterocycles. The van der Waals surface area contributed by atoms with Gasteiger partial charge < -0.3 is 4.74 Å². The SMILES string of the molecule is [2H]C([2H])([2H])c1ccc(-c2c(C(C)(C)C)ccc3c2Oc2ccccc2[Si]3(C)C)cc1-c1cc(-n2c3ccccc3n3c4ccccc4nc23)ccc1C([2H])([2H])[2H]. The third-order valence-electron chi connectivity index (χ3n) is 10.4. The van der Waals surface area contributed by atoms with Crippen molar-refractivity contribution in [3.63, 3.8) is 0 Å². The highest BCUT2D eigenvalue weighted by atomic mass is 28.3. The van der Waals surface area contributed by atoms with E-state index in [1.807, 2.05) is 83.4 Å². The summed E-state index contributed by atoms with van der Waals surface area (Å²) in [6, 6.07) is 39.1. The standard InChI is InChI=1S/C45H41N3OSi/c1-28-20-22-30(42-34(45(3,4)5)24-25-41-43(42)49-39-18-12-13-19-40(39)50(41,6)7)26-32(28)33-27-31(23-21-29(33)2)47-37-16-10-11-17-38(37)48-36-15-9-8-14-35(36)46-44(47)48/h8-27H,1-7H3/i1D3,2D3. The van der Waals surface area contributed by atoms with Gasteiger partial charge in [-0.1, -0.05) is 107 Å². The molecule has 3 heterocycles. The lowest BCUT2D eigenvalue weighted by atomic mass is 9.80. The normalized spacial score (nSPS) is 16.1. The summed E-state index contributed by atoms with van der Waals surface area (Å²) in [5.41, 5.74) is 7.45. The zero-order valence-corrected chi connectivity index (χ0v) is 29.8. The van der Waals surface area contributed by atoms with Crippen LogP contribution in [0, 0.1) is 13.7 Å². The van der Waals surface area contributed by atoms with Gasteiger partial charge in [0, 0.05) is 19.5 Å². The Bertz CT molecular complexity index is 2890. The number of ether oxygens (including phenoxy) is 1. The number of rotatable bonds is 3. The van der Waals surface area contributed by atoms with Crippen LogP contribution in [0.15, 0.2) is 121 Å². The Balaban J connectivity index is 1.35. The highest BCUT2D eigenvalue weighted by Gasteiger charge is 2.39. The van der Waals surface area contributed by atoms with E-state index >= 15 is 0 Å². The molecule has 246 valence electrons. The average molecular weight is 674 g/mol. The molecule has 1 aliphatic rings. The quantitative estimate of drug-likeness (QED) is 0.175. The lowest BCUT2D eigenvalue weighted by Crippen LogP contribution is -2.56. The first kappa shape index (κ1) is 24.7. The van der Waals surface area contributed by atoms with Crippen LogP contribution in [0.5, 0.6) is 11.5 Å². The number of imidazole rings is 2. The number of nitrogens with zero attached hydrogens (tertiary/aromatic N) is 3. The molecule has 0 saturated carbocycles. The van der Waals surface area contributed by atoms with E-state index in [4.69, 9.17) is 17.9 Å². The molecule has 0 spiro atoms. The second-order valence-electron chi connectivity index (χ2n) is 14.9. The van der Waals surface area contributed by atoms with Crippen LogP contribution in [0.4, 0.5) is 0 Å². The Morgan fingerprint density at radius 3 is 2.14 bits per heavy atom. The summed E-state index contributed by atoms with van der Waals surface area (Å²) in [7, 11) is -2.23. The van der Waals surface area contributed by atoms with Gasteiger partial charge in [0.25, 0.3) is 0 Å². The minimum atomic E-state index is -2.54. The van der Waals surface area contributed by atoms with Crippen LogP contribution in [0.2, 0.25) is 13.1 Å². The van der Waals surface area contributed by atoms with Crippen molar-refractivity contribution in [1.29, 1.82) is 0 Å². The van der Waals surface area contributed by atoms with Gasteiger partial charge in [0.1, 0.15) is 19.6 Å². The van der Waals surface area contributed by atoms with Crippen LogP contribution >= 0.6 is 0 Å². The van der Waals surface area contributed by atoms with Crippen molar-refractivity contribution in [1.82, 2.24) is 14.0 Å². The molecule has 0 bridgehead atoms. The minimum absolute atomic E-state index is 0.0646. The molecular weight excluding hydrogens is 627 g/mol. The van der Waals surface area contributed by atoms with Crippen LogP contribution in [0.3, 0.4) is 0 Å². The van der Waals surface area contributed by atoms with Crippen molar-refractivity contribution in [2.45, 2.75) is 53.0 Å². The summed E-state index contributed by atoms with van der Waals surface area (Å²) >= 11 is 0. The van der Waals surface area contributed by atoms with Crippen molar-refractivity contribution < 1.29 is 13.0 Å². The maximum atomic E-state index is 8.72. The molecule has 6 aromatic carbocycles. The summed E-state index contributed by atoms with van der Waals surface area (Å²) in [6.07, 6.45) is 0. The van der Waals surface area contributed by atoms with Gasteiger partial charge in [-0.2, -0.15) is 0 Å². The molecule has 0 aliphatic carbocycles. The molecule has 2 aromatic heterocycles. The molecule has 50 heavy (non-hydrogen) atoms. The van der Waals surface area contributed by atoms with E-state index in [1.54, 1.807) is 18.2 Å². The Labute approximate surface area is 303 Å². The van der Waals surface area contributed by atoms with Crippen molar-refractivity contribution in [3.8, 4) is 39.4 Å². The predicted molar refractivity (Wildman–Crippen MR) is 212 cm³/mol. The van der Waals surface area contributed by atoms with E-state index in [0.29, 0.717) is 22.6 Å². The molecule has 5 heteroatoms. The first-order valence-corrected chi connectivity index (χ1v) is 20.1. The molecule has 0 amide bonds. The van der Waals surface area contributed by atoms with Crippen molar-refractivity contribution in [2.75, 3.05) is 0 Å². The van der Waals surface area contributed by atoms with Crippen molar-refractivity contribution in [3.05, 3.63) is 138 Å². The zero-order valence-electron chi connectivity index (χ0n) is 34.8. The molecule has 0 atom stereocenters. The molecule has 0 N–H and O–H groups in total. The predicted octanol–water partition coefficient (Wildman–Crippen LogP) is 10.6. The largest absolute Gasteiger partial charge is 0.457 e. The van der Waals surface area contributed by atoms with E-state index in [-0.39, 0.29) is 16.5 Å². The lowest BCUT2D eigenvalue weighted by molar-refractivity contribution is 0.485. The second-order valence-corrected chi connectivity index (χ2v) is 19.2. The van der Waals surface area contributed by atoms with Crippen LogP contribution in [-0.4, -0.2) is 22.0 Å². The Kier molecular flexibility index (Phi) is 5.34. The fraction of sp³-hybridized carbons (Fsp3) is 0.178. The average Bonchev–Trinajstić information content (AvgIpc) is 3.67. The molecule has 8 aromatic rings. The monoisotopic (exact) mass is 673 g/mol. The van der Waals surface area contributed by atoms with Crippen molar-refractivity contribution in [2.24, 2.45) is 0 Å². The number of fused-ring (bicyclic) bond motifs is 7. The van der Waals surface area contributed by atoms with E-state index in [9.17, 15) is 0 Å². The number of benzene rings is 6.